The number of halogens is 2. The van der Waals surface area contributed by atoms with Crippen LogP contribution in [0.1, 0.15) is 26.2 Å². The predicted octanol–water partition coefficient (Wildman–Crippen LogP) is 3.27. The summed E-state index contributed by atoms with van der Waals surface area (Å²) in [7, 11) is 0. The number of piperidine rings is 1. The maximum absolute atomic E-state index is 13.6. The van der Waals surface area contributed by atoms with Gasteiger partial charge in [-0.3, -0.25) is 0 Å². The second-order valence-electron chi connectivity index (χ2n) is 4.74. The molecule has 5 heteroatoms. The molecule has 2 rings (SSSR count). The highest BCUT2D eigenvalue weighted by molar-refractivity contribution is 9.10. The van der Waals surface area contributed by atoms with Crippen molar-refractivity contribution in [2.45, 2.75) is 32.2 Å². The van der Waals surface area contributed by atoms with E-state index in [0.717, 1.165) is 32.5 Å². The molecule has 0 radical (unpaired) electrons. The summed E-state index contributed by atoms with van der Waals surface area (Å²) in [6.07, 6.45) is 4.92. The molecule has 1 fully saturated rings. The number of likely N-dealkylation sites (tertiary alicyclic amines) is 1. The molecule has 1 saturated heterocycles. The maximum atomic E-state index is 13.6. The normalized spacial score (nSPS) is 17.9. The first kappa shape index (κ1) is 13.7. The predicted molar refractivity (Wildman–Crippen MR) is 75.3 cm³/mol. The van der Waals surface area contributed by atoms with E-state index in [9.17, 15) is 4.39 Å². The highest BCUT2D eigenvalue weighted by Gasteiger charge is 2.19. The molecule has 100 valence electrons. The SMILES string of the molecule is CCCN1CCC(Nc2ncc(Br)cc2F)CC1. The quantitative estimate of drug-likeness (QED) is 0.924. The molecule has 0 atom stereocenters. The molecule has 1 aliphatic rings. The Morgan fingerprint density at radius 3 is 2.83 bits per heavy atom. The number of rotatable bonds is 4. The summed E-state index contributed by atoms with van der Waals surface area (Å²) >= 11 is 3.21. The van der Waals surface area contributed by atoms with Gasteiger partial charge in [-0.05, 0) is 47.8 Å². The molecule has 0 bridgehead atoms. The van der Waals surface area contributed by atoms with Crippen LogP contribution in [0.5, 0.6) is 0 Å². The number of hydrogen-bond acceptors (Lipinski definition) is 3. The van der Waals surface area contributed by atoms with Crippen molar-refractivity contribution in [3.8, 4) is 0 Å². The third-order valence-electron chi connectivity index (χ3n) is 3.28. The van der Waals surface area contributed by atoms with Crippen LogP contribution in [0.2, 0.25) is 0 Å². The lowest BCUT2D eigenvalue weighted by molar-refractivity contribution is 0.219. The van der Waals surface area contributed by atoms with E-state index in [0.29, 0.717) is 16.3 Å². The lowest BCUT2D eigenvalue weighted by Gasteiger charge is -2.32. The van der Waals surface area contributed by atoms with Crippen LogP contribution < -0.4 is 5.32 Å². The summed E-state index contributed by atoms with van der Waals surface area (Å²) in [5, 5.41) is 3.21. The molecule has 0 aliphatic carbocycles. The van der Waals surface area contributed by atoms with Crippen LogP contribution in [0, 0.1) is 5.82 Å². The lowest BCUT2D eigenvalue weighted by atomic mass is 10.0. The summed E-state index contributed by atoms with van der Waals surface area (Å²) in [6.45, 7) is 5.54. The van der Waals surface area contributed by atoms with Crippen molar-refractivity contribution in [1.82, 2.24) is 9.88 Å². The maximum Gasteiger partial charge on any atom is 0.166 e. The summed E-state index contributed by atoms with van der Waals surface area (Å²) in [6, 6.07) is 1.78. The van der Waals surface area contributed by atoms with Crippen molar-refractivity contribution in [1.29, 1.82) is 0 Å². The van der Waals surface area contributed by atoms with E-state index < -0.39 is 0 Å². The Labute approximate surface area is 116 Å². The summed E-state index contributed by atoms with van der Waals surface area (Å²) < 4.78 is 14.3. The third-order valence-corrected chi connectivity index (χ3v) is 3.71. The monoisotopic (exact) mass is 315 g/mol. The number of anilines is 1. The fraction of sp³-hybridized carbons (Fsp3) is 0.615. The number of nitrogens with one attached hydrogen (secondary N) is 1. The third kappa shape index (κ3) is 3.65. The topological polar surface area (TPSA) is 28.2 Å². The first-order valence-electron chi connectivity index (χ1n) is 6.49. The van der Waals surface area contributed by atoms with E-state index in [4.69, 9.17) is 0 Å². The van der Waals surface area contributed by atoms with Gasteiger partial charge in [0.2, 0.25) is 0 Å². The van der Waals surface area contributed by atoms with Crippen LogP contribution in [0.4, 0.5) is 10.2 Å². The van der Waals surface area contributed by atoms with Crippen molar-refractivity contribution in [2.24, 2.45) is 0 Å². The summed E-state index contributed by atoms with van der Waals surface area (Å²) in [5.74, 6) is 0.0764. The molecule has 1 aliphatic heterocycles. The number of aromatic nitrogens is 1. The Morgan fingerprint density at radius 1 is 1.50 bits per heavy atom. The van der Waals surface area contributed by atoms with Crippen LogP contribution in [0.25, 0.3) is 0 Å². The highest BCUT2D eigenvalue weighted by Crippen LogP contribution is 2.20. The average molecular weight is 316 g/mol. The first-order chi connectivity index (χ1) is 8.69. The number of hydrogen-bond donors (Lipinski definition) is 1. The summed E-state index contributed by atoms with van der Waals surface area (Å²) in [5.41, 5.74) is 0. The second-order valence-corrected chi connectivity index (χ2v) is 5.66. The van der Waals surface area contributed by atoms with Crippen molar-refractivity contribution >= 4 is 21.7 Å². The molecule has 3 nitrogen and oxygen atoms in total. The van der Waals surface area contributed by atoms with Crippen LogP contribution in [0.15, 0.2) is 16.7 Å². The van der Waals surface area contributed by atoms with Gasteiger partial charge in [0.25, 0.3) is 0 Å². The van der Waals surface area contributed by atoms with Crippen LogP contribution in [-0.2, 0) is 0 Å². The van der Waals surface area contributed by atoms with Crippen molar-refractivity contribution in [2.75, 3.05) is 25.0 Å². The van der Waals surface area contributed by atoms with E-state index in [1.54, 1.807) is 6.20 Å². The minimum absolute atomic E-state index is 0.291. The molecule has 2 heterocycles. The molecular weight excluding hydrogens is 297 g/mol. The van der Waals surface area contributed by atoms with Gasteiger partial charge in [-0.1, -0.05) is 6.92 Å². The molecule has 0 amide bonds. The zero-order valence-corrected chi connectivity index (χ0v) is 12.2. The van der Waals surface area contributed by atoms with E-state index >= 15 is 0 Å². The van der Waals surface area contributed by atoms with Gasteiger partial charge in [-0.15, -0.1) is 0 Å². The Kier molecular flexibility index (Phi) is 4.95. The smallest absolute Gasteiger partial charge is 0.166 e. The van der Waals surface area contributed by atoms with Gasteiger partial charge in [-0.25, -0.2) is 9.37 Å². The largest absolute Gasteiger partial charge is 0.365 e. The Morgan fingerprint density at radius 2 is 2.22 bits per heavy atom. The number of nitrogens with zero attached hydrogens (tertiary/aromatic N) is 2. The van der Waals surface area contributed by atoms with Gasteiger partial charge >= 0.3 is 0 Å². The molecule has 0 aromatic carbocycles. The highest BCUT2D eigenvalue weighted by atomic mass is 79.9. The molecule has 18 heavy (non-hydrogen) atoms. The van der Waals surface area contributed by atoms with Gasteiger partial charge in [0.15, 0.2) is 11.6 Å². The van der Waals surface area contributed by atoms with Crippen molar-refractivity contribution in [3.63, 3.8) is 0 Å². The Balaban J connectivity index is 1.87. The van der Waals surface area contributed by atoms with Crippen molar-refractivity contribution in [3.05, 3.63) is 22.6 Å². The van der Waals surface area contributed by atoms with E-state index in [2.05, 4.69) is 38.1 Å². The van der Waals surface area contributed by atoms with Gasteiger partial charge in [0.1, 0.15) is 0 Å². The van der Waals surface area contributed by atoms with Crippen molar-refractivity contribution < 1.29 is 4.39 Å². The molecule has 0 unspecified atom stereocenters. The fourth-order valence-corrected chi connectivity index (χ4v) is 2.63. The first-order valence-corrected chi connectivity index (χ1v) is 7.28. The van der Waals surface area contributed by atoms with Gasteiger partial charge in [0.05, 0.1) is 0 Å². The van der Waals surface area contributed by atoms with E-state index in [1.165, 1.54) is 12.5 Å². The molecule has 1 N–H and O–H groups in total. The summed E-state index contributed by atoms with van der Waals surface area (Å²) in [4.78, 5) is 6.54. The minimum atomic E-state index is -0.291. The fourth-order valence-electron chi connectivity index (χ4n) is 2.33. The van der Waals surface area contributed by atoms with Gasteiger partial charge in [0, 0.05) is 29.8 Å². The molecule has 0 saturated carbocycles. The second kappa shape index (κ2) is 6.48. The molecule has 1 aromatic heterocycles. The molecule has 0 spiro atoms. The molecular formula is C13H19BrFN3. The van der Waals surface area contributed by atoms with Gasteiger partial charge in [-0.2, -0.15) is 0 Å². The van der Waals surface area contributed by atoms with Crippen LogP contribution in [0.3, 0.4) is 0 Å². The average Bonchev–Trinajstić information content (AvgIpc) is 2.35. The van der Waals surface area contributed by atoms with E-state index in [1.807, 2.05) is 0 Å². The number of pyridine rings is 1. The van der Waals surface area contributed by atoms with Crippen LogP contribution in [-0.4, -0.2) is 35.6 Å². The molecule has 1 aromatic rings. The zero-order chi connectivity index (χ0) is 13.0. The standard InChI is InChI=1S/C13H19BrFN3/c1-2-5-18-6-3-11(4-7-18)17-13-12(15)8-10(14)9-16-13/h8-9,11H,2-7H2,1H3,(H,16,17). The van der Waals surface area contributed by atoms with E-state index in [-0.39, 0.29) is 5.82 Å². The minimum Gasteiger partial charge on any atom is -0.365 e. The zero-order valence-electron chi connectivity index (χ0n) is 10.6. The Hall–Kier alpha value is -0.680. The van der Waals surface area contributed by atoms with Crippen LogP contribution >= 0.6 is 15.9 Å². The Bertz CT molecular complexity index is 392. The van der Waals surface area contributed by atoms with Gasteiger partial charge < -0.3 is 10.2 Å². The lowest BCUT2D eigenvalue weighted by Crippen LogP contribution is -2.39.